The Morgan fingerprint density at radius 2 is 1.96 bits per heavy atom. The maximum absolute atomic E-state index is 12.5. The molecule has 1 heterocycles. The third-order valence-corrected chi connectivity index (χ3v) is 4.26. The fraction of sp³-hybridized carbons (Fsp3) is 0.211. The number of nitro benzene ring substituents is 1. The highest BCUT2D eigenvalue weighted by molar-refractivity contribution is 6.54. The molecule has 2 aromatic carbocycles. The number of hydrogen-bond acceptors (Lipinski definition) is 6. The Bertz CT molecular complexity index is 966. The zero-order valence-electron chi connectivity index (χ0n) is 15.3. The van der Waals surface area contributed by atoms with Gasteiger partial charge in [0.05, 0.1) is 16.8 Å². The van der Waals surface area contributed by atoms with Gasteiger partial charge in [0, 0.05) is 37.8 Å². The molecular weight excluding hydrogens is 346 g/mol. The molecule has 0 bridgehead atoms. The van der Waals surface area contributed by atoms with Crippen molar-refractivity contribution in [2.45, 2.75) is 6.92 Å². The molecule has 0 saturated heterocycles. The topological polar surface area (TPSA) is 91.4 Å². The van der Waals surface area contributed by atoms with Gasteiger partial charge in [-0.25, -0.2) is 0 Å². The Morgan fingerprint density at radius 1 is 1.22 bits per heavy atom. The van der Waals surface area contributed by atoms with Crippen LogP contribution in [0.4, 0.5) is 17.1 Å². The maximum atomic E-state index is 12.5. The number of anilines is 2. The molecule has 8 heteroatoms. The molecule has 0 aromatic heterocycles. The molecule has 8 nitrogen and oxygen atoms in total. The number of fused-ring (bicyclic) bond motifs is 1. The van der Waals surface area contributed by atoms with Gasteiger partial charge in [0.15, 0.2) is 5.71 Å². The quantitative estimate of drug-likeness (QED) is 0.463. The molecule has 0 unspecified atom stereocenters. The molecule has 0 N–H and O–H groups in total. The van der Waals surface area contributed by atoms with Gasteiger partial charge in [0.2, 0.25) is 0 Å². The highest BCUT2D eigenvalue weighted by Gasteiger charge is 2.32. The van der Waals surface area contributed by atoms with Crippen molar-refractivity contribution in [3.8, 4) is 0 Å². The lowest BCUT2D eigenvalue weighted by Crippen LogP contribution is -2.29. The summed E-state index contributed by atoms with van der Waals surface area (Å²) in [6.45, 7) is 2.43. The predicted octanol–water partition coefficient (Wildman–Crippen LogP) is 2.85. The Hall–Kier alpha value is -3.55. The highest BCUT2D eigenvalue weighted by atomic mass is 16.6. The van der Waals surface area contributed by atoms with E-state index in [1.807, 2.05) is 31.2 Å². The lowest BCUT2D eigenvalue weighted by atomic mass is 10.1. The van der Waals surface area contributed by atoms with E-state index >= 15 is 0 Å². The number of para-hydroxylation sites is 1. The van der Waals surface area contributed by atoms with Crippen LogP contribution in [0.2, 0.25) is 0 Å². The largest absolute Gasteiger partial charge is 0.372 e. The fourth-order valence-corrected chi connectivity index (χ4v) is 2.97. The first-order valence-electron chi connectivity index (χ1n) is 8.42. The van der Waals surface area contributed by atoms with Gasteiger partial charge in [0.1, 0.15) is 5.69 Å². The molecule has 1 aliphatic heterocycles. The summed E-state index contributed by atoms with van der Waals surface area (Å²) in [5.41, 5.74) is 2.82. The average Bonchev–Trinajstić information content (AvgIpc) is 2.92. The number of nitro groups is 1. The standard InChI is InChI=1S/C19H19N5O3/c1-4-23-15-8-6-5-7-14(15)18(19(23)25)21-20-12-13-9-10-16(22(2)3)17(11-13)24(26)27/h5-12H,4H2,1-3H3/b20-12-,21-18+. The fourth-order valence-electron chi connectivity index (χ4n) is 2.97. The van der Waals surface area contributed by atoms with Crippen molar-refractivity contribution in [2.24, 2.45) is 10.2 Å². The van der Waals surface area contributed by atoms with Crippen molar-refractivity contribution in [1.29, 1.82) is 0 Å². The van der Waals surface area contributed by atoms with Crippen LogP contribution in [0.15, 0.2) is 52.7 Å². The lowest BCUT2D eigenvalue weighted by Gasteiger charge is -2.12. The zero-order chi connectivity index (χ0) is 19.6. The van der Waals surface area contributed by atoms with E-state index in [1.54, 1.807) is 36.0 Å². The van der Waals surface area contributed by atoms with Gasteiger partial charge in [-0.2, -0.15) is 5.10 Å². The molecule has 2 aromatic rings. The van der Waals surface area contributed by atoms with Gasteiger partial charge >= 0.3 is 0 Å². The van der Waals surface area contributed by atoms with Crippen LogP contribution in [0.3, 0.4) is 0 Å². The zero-order valence-corrected chi connectivity index (χ0v) is 15.3. The Balaban J connectivity index is 1.92. The van der Waals surface area contributed by atoms with Crippen LogP contribution in [0, 0.1) is 10.1 Å². The summed E-state index contributed by atoms with van der Waals surface area (Å²) in [6.07, 6.45) is 1.41. The van der Waals surface area contributed by atoms with Gasteiger partial charge in [0.25, 0.3) is 11.6 Å². The normalized spacial score (nSPS) is 14.9. The third-order valence-electron chi connectivity index (χ3n) is 4.26. The summed E-state index contributed by atoms with van der Waals surface area (Å²) >= 11 is 0. The van der Waals surface area contributed by atoms with Crippen LogP contribution < -0.4 is 9.80 Å². The molecular formula is C19H19N5O3. The second-order valence-electron chi connectivity index (χ2n) is 6.16. The van der Waals surface area contributed by atoms with Crippen LogP contribution in [0.1, 0.15) is 18.1 Å². The summed E-state index contributed by atoms with van der Waals surface area (Å²) in [5.74, 6) is -0.204. The summed E-state index contributed by atoms with van der Waals surface area (Å²) in [6, 6.07) is 12.2. The van der Waals surface area contributed by atoms with Gasteiger partial charge in [-0.3, -0.25) is 14.9 Å². The Morgan fingerprint density at radius 3 is 2.63 bits per heavy atom. The molecule has 138 valence electrons. The molecule has 0 radical (unpaired) electrons. The number of carbonyl (C=O) groups excluding carboxylic acids is 1. The SMILES string of the molecule is CCN1C(=O)/C(=N/N=C\c2ccc(N(C)C)c([N+](=O)[O-])c2)c2ccccc21. The van der Waals surface area contributed by atoms with Crippen molar-refractivity contribution in [2.75, 3.05) is 30.4 Å². The van der Waals surface area contributed by atoms with E-state index in [9.17, 15) is 14.9 Å². The van der Waals surface area contributed by atoms with E-state index in [-0.39, 0.29) is 17.3 Å². The molecule has 0 saturated carbocycles. The number of nitrogens with zero attached hydrogens (tertiary/aromatic N) is 5. The first-order valence-corrected chi connectivity index (χ1v) is 8.42. The summed E-state index contributed by atoms with van der Waals surface area (Å²) < 4.78 is 0. The number of amides is 1. The molecule has 0 spiro atoms. The number of benzene rings is 2. The Kier molecular flexibility index (Phi) is 4.98. The van der Waals surface area contributed by atoms with Crippen molar-refractivity contribution >= 4 is 34.9 Å². The Labute approximate surface area is 156 Å². The van der Waals surface area contributed by atoms with E-state index in [0.29, 0.717) is 17.8 Å². The summed E-state index contributed by atoms with van der Waals surface area (Å²) in [7, 11) is 3.48. The minimum atomic E-state index is -0.436. The van der Waals surface area contributed by atoms with Gasteiger partial charge in [-0.1, -0.05) is 24.3 Å². The second-order valence-corrected chi connectivity index (χ2v) is 6.16. The van der Waals surface area contributed by atoms with E-state index in [2.05, 4.69) is 10.2 Å². The van der Waals surface area contributed by atoms with Gasteiger partial charge in [-0.05, 0) is 19.1 Å². The molecule has 0 fully saturated rings. The minimum absolute atomic E-state index is 0.0175. The molecule has 1 aliphatic rings. The van der Waals surface area contributed by atoms with Crippen LogP contribution in [-0.4, -0.2) is 43.4 Å². The second kappa shape index (κ2) is 7.36. The van der Waals surface area contributed by atoms with E-state index in [4.69, 9.17) is 0 Å². The number of rotatable bonds is 5. The number of likely N-dealkylation sites (N-methyl/N-ethyl adjacent to an activating group) is 1. The third kappa shape index (κ3) is 3.41. The number of hydrogen-bond donors (Lipinski definition) is 0. The average molecular weight is 365 g/mol. The monoisotopic (exact) mass is 365 g/mol. The van der Waals surface area contributed by atoms with E-state index < -0.39 is 4.92 Å². The van der Waals surface area contributed by atoms with Gasteiger partial charge in [-0.15, -0.1) is 5.10 Å². The summed E-state index contributed by atoms with van der Waals surface area (Å²) in [5, 5.41) is 19.3. The smallest absolute Gasteiger partial charge is 0.293 e. The van der Waals surface area contributed by atoms with E-state index in [1.165, 1.54) is 12.3 Å². The predicted molar refractivity (Wildman–Crippen MR) is 106 cm³/mol. The van der Waals surface area contributed by atoms with Crippen molar-refractivity contribution < 1.29 is 9.72 Å². The van der Waals surface area contributed by atoms with Gasteiger partial charge < -0.3 is 9.80 Å². The molecule has 1 amide bonds. The van der Waals surface area contributed by atoms with Crippen LogP contribution >= 0.6 is 0 Å². The highest BCUT2D eigenvalue weighted by Crippen LogP contribution is 2.29. The first-order chi connectivity index (χ1) is 12.9. The van der Waals surface area contributed by atoms with E-state index in [0.717, 1.165) is 11.3 Å². The van der Waals surface area contributed by atoms with Crippen molar-refractivity contribution in [3.63, 3.8) is 0 Å². The van der Waals surface area contributed by atoms with Crippen LogP contribution in [0.5, 0.6) is 0 Å². The van der Waals surface area contributed by atoms with Crippen molar-refractivity contribution in [1.82, 2.24) is 0 Å². The minimum Gasteiger partial charge on any atom is -0.372 e. The lowest BCUT2D eigenvalue weighted by molar-refractivity contribution is -0.384. The molecule has 0 atom stereocenters. The van der Waals surface area contributed by atoms with Crippen LogP contribution in [0.25, 0.3) is 0 Å². The molecule has 0 aliphatic carbocycles. The summed E-state index contributed by atoms with van der Waals surface area (Å²) in [4.78, 5) is 26.7. The molecule has 3 rings (SSSR count). The first kappa shape index (κ1) is 18.2. The van der Waals surface area contributed by atoms with Crippen LogP contribution in [-0.2, 0) is 4.79 Å². The number of carbonyl (C=O) groups is 1. The maximum Gasteiger partial charge on any atom is 0.293 e. The molecule has 27 heavy (non-hydrogen) atoms. The van der Waals surface area contributed by atoms with Crippen molar-refractivity contribution in [3.05, 3.63) is 63.7 Å².